The lowest BCUT2D eigenvalue weighted by Gasteiger charge is -2.36. The Kier molecular flexibility index (Phi) is 3.24. The van der Waals surface area contributed by atoms with Crippen LogP contribution in [0.4, 0.5) is 0 Å². The molecule has 0 radical (unpaired) electrons. The Morgan fingerprint density at radius 1 is 1.45 bits per heavy atom. The van der Waals surface area contributed by atoms with Crippen LogP contribution in [-0.4, -0.2) is 32.4 Å². The van der Waals surface area contributed by atoms with Crippen molar-refractivity contribution >= 4 is 22.3 Å². The van der Waals surface area contributed by atoms with E-state index in [9.17, 15) is 4.79 Å². The van der Waals surface area contributed by atoms with Gasteiger partial charge < -0.3 is 4.74 Å². The molecule has 1 aliphatic rings. The lowest BCUT2D eigenvalue weighted by Crippen LogP contribution is -2.43. The lowest BCUT2D eigenvalue weighted by atomic mass is 9.69. The van der Waals surface area contributed by atoms with E-state index in [2.05, 4.69) is 29.1 Å². The molecule has 0 atom stereocenters. The number of carbonyl (C=O) groups is 1. The van der Waals surface area contributed by atoms with Crippen LogP contribution < -0.4 is 0 Å². The van der Waals surface area contributed by atoms with Gasteiger partial charge in [-0.05, 0) is 19.8 Å². The number of hydrogen-bond acceptors (Lipinski definition) is 6. The fourth-order valence-electron chi connectivity index (χ4n) is 2.49. The average molecular weight is 294 g/mol. The van der Waals surface area contributed by atoms with Gasteiger partial charge in [0, 0.05) is 5.92 Å². The number of rotatable bonds is 4. The molecule has 0 amide bonds. The van der Waals surface area contributed by atoms with E-state index in [0.717, 1.165) is 35.1 Å². The molecule has 20 heavy (non-hydrogen) atoms. The molecule has 2 aromatic heterocycles. The van der Waals surface area contributed by atoms with Crippen LogP contribution in [0.25, 0.3) is 4.96 Å². The molecule has 2 heterocycles. The van der Waals surface area contributed by atoms with Gasteiger partial charge in [0.05, 0.1) is 6.61 Å². The van der Waals surface area contributed by atoms with Gasteiger partial charge in [0.2, 0.25) is 4.96 Å². The maximum Gasteiger partial charge on any atom is 0.319 e. The van der Waals surface area contributed by atoms with E-state index in [1.165, 1.54) is 11.3 Å². The van der Waals surface area contributed by atoms with E-state index in [1.54, 1.807) is 4.52 Å². The quantitative estimate of drug-likeness (QED) is 0.809. The maximum atomic E-state index is 12.3. The normalized spacial score (nSPS) is 17.4. The van der Waals surface area contributed by atoms with E-state index in [0.29, 0.717) is 6.61 Å². The van der Waals surface area contributed by atoms with Crippen molar-refractivity contribution < 1.29 is 9.53 Å². The van der Waals surface area contributed by atoms with Gasteiger partial charge in [-0.25, -0.2) is 0 Å². The van der Waals surface area contributed by atoms with E-state index in [1.807, 2.05) is 6.92 Å². The Bertz CT molecular complexity index is 642. The van der Waals surface area contributed by atoms with Crippen LogP contribution in [0.15, 0.2) is 0 Å². The first-order chi connectivity index (χ1) is 9.58. The zero-order chi connectivity index (χ0) is 14.3. The molecule has 108 valence electrons. The molecule has 0 aromatic carbocycles. The zero-order valence-electron chi connectivity index (χ0n) is 11.9. The highest BCUT2D eigenvalue weighted by atomic mass is 32.1. The van der Waals surface area contributed by atoms with Gasteiger partial charge in [0.1, 0.15) is 10.4 Å². The summed E-state index contributed by atoms with van der Waals surface area (Å²) in [5.41, 5.74) is -0.546. The summed E-state index contributed by atoms with van der Waals surface area (Å²) < 4.78 is 7.00. The van der Waals surface area contributed by atoms with Crippen molar-refractivity contribution in [3.63, 3.8) is 0 Å². The van der Waals surface area contributed by atoms with Crippen molar-refractivity contribution in [3.05, 3.63) is 10.8 Å². The van der Waals surface area contributed by atoms with Crippen LogP contribution in [0.3, 0.4) is 0 Å². The number of aromatic nitrogens is 4. The van der Waals surface area contributed by atoms with E-state index < -0.39 is 5.41 Å². The van der Waals surface area contributed by atoms with Gasteiger partial charge in [-0.15, -0.1) is 10.2 Å². The molecule has 6 nitrogen and oxygen atoms in total. The van der Waals surface area contributed by atoms with Crippen molar-refractivity contribution in [3.8, 4) is 0 Å². The highest BCUT2D eigenvalue weighted by Crippen LogP contribution is 2.46. The van der Waals surface area contributed by atoms with Crippen LogP contribution in [-0.2, 0) is 14.9 Å². The fraction of sp³-hybridized carbons (Fsp3) is 0.692. The van der Waals surface area contributed by atoms with Crippen LogP contribution in [0.2, 0.25) is 0 Å². The van der Waals surface area contributed by atoms with Gasteiger partial charge in [-0.3, -0.25) is 4.79 Å². The molecule has 1 saturated carbocycles. The van der Waals surface area contributed by atoms with Gasteiger partial charge in [0.15, 0.2) is 5.82 Å². The number of fused-ring (bicyclic) bond motifs is 1. The fourth-order valence-corrected chi connectivity index (χ4v) is 3.57. The summed E-state index contributed by atoms with van der Waals surface area (Å²) in [6.07, 6.45) is 2.66. The van der Waals surface area contributed by atoms with Crippen LogP contribution in [0.5, 0.6) is 0 Å². The van der Waals surface area contributed by atoms with Gasteiger partial charge in [0.25, 0.3) is 0 Å². The third kappa shape index (κ3) is 1.83. The number of carbonyl (C=O) groups excluding carboxylic acids is 1. The average Bonchev–Trinajstić information content (AvgIpc) is 2.86. The summed E-state index contributed by atoms with van der Waals surface area (Å²) in [4.78, 5) is 13.0. The van der Waals surface area contributed by atoms with Gasteiger partial charge in [-0.2, -0.15) is 9.61 Å². The molecule has 2 aromatic rings. The van der Waals surface area contributed by atoms with Crippen LogP contribution in [0, 0.1) is 0 Å². The maximum absolute atomic E-state index is 12.3. The standard InChI is InChI=1S/C13H18N4O2S/c1-4-19-11(18)13(6-5-7-13)10-16-17-9(8(2)3)14-15-12(17)20-10/h8H,4-7H2,1-3H3. The van der Waals surface area contributed by atoms with Crippen molar-refractivity contribution in [1.29, 1.82) is 0 Å². The molecule has 1 fully saturated rings. The highest BCUT2D eigenvalue weighted by Gasteiger charge is 2.50. The minimum Gasteiger partial charge on any atom is -0.465 e. The molecule has 0 saturated heterocycles. The SMILES string of the molecule is CCOC(=O)C1(c2nn3c(C(C)C)nnc3s2)CCC1. The third-order valence-corrected chi connectivity index (χ3v) is 4.92. The number of ether oxygens (including phenoxy) is 1. The first-order valence-corrected chi connectivity index (χ1v) is 7.80. The Hall–Kier alpha value is -1.50. The van der Waals surface area contributed by atoms with Crippen molar-refractivity contribution in [2.24, 2.45) is 0 Å². The Morgan fingerprint density at radius 2 is 2.20 bits per heavy atom. The van der Waals surface area contributed by atoms with E-state index >= 15 is 0 Å². The summed E-state index contributed by atoms with van der Waals surface area (Å²) in [5, 5.41) is 13.7. The zero-order valence-corrected chi connectivity index (χ0v) is 12.7. The smallest absolute Gasteiger partial charge is 0.319 e. The topological polar surface area (TPSA) is 69.4 Å². The molecule has 0 unspecified atom stereocenters. The third-order valence-electron chi connectivity index (χ3n) is 3.81. The lowest BCUT2D eigenvalue weighted by molar-refractivity contribution is -0.153. The van der Waals surface area contributed by atoms with Crippen molar-refractivity contribution in [2.75, 3.05) is 6.61 Å². The summed E-state index contributed by atoms with van der Waals surface area (Å²) in [6, 6.07) is 0. The summed E-state index contributed by atoms with van der Waals surface area (Å²) in [7, 11) is 0. The molecule has 0 bridgehead atoms. The van der Waals surface area contributed by atoms with Gasteiger partial charge in [-0.1, -0.05) is 31.6 Å². The van der Waals surface area contributed by atoms with Gasteiger partial charge >= 0.3 is 5.97 Å². The molecule has 0 N–H and O–H groups in total. The summed E-state index contributed by atoms with van der Waals surface area (Å²) in [6.45, 7) is 6.35. The Balaban J connectivity index is 2.02. The second-order valence-corrected chi connectivity index (χ2v) is 6.43. The molecular formula is C13H18N4O2S. The number of hydrogen-bond donors (Lipinski definition) is 0. The van der Waals surface area contributed by atoms with E-state index in [4.69, 9.17) is 4.74 Å². The van der Waals surface area contributed by atoms with Crippen molar-refractivity contribution in [1.82, 2.24) is 19.8 Å². The minimum atomic E-state index is -0.546. The summed E-state index contributed by atoms with van der Waals surface area (Å²) in [5.74, 6) is 0.933. The highest BCUT2D eigenvalue weighted by molar-refractivity contribution is 7.17. The number of esters is 1. The monoisotopic (exact) mass is 294 g/mol. The minimum absolute atomic E-state index is 0.151. The second-order valence-electron chi connectivity index (χ2n) is 5.47. The largest absolute Gasteiger partial charge is 0.465 e. The first-order valence-electron chi connectivity index (χ1n) is 6.98. The molecule has 7 heteroatoms. The molecular weight excluding hydrogens is 276 g/mol. The Labute approximate surface area is 121 Å². The van der Waals surface area contributed by atoms with Crippen LogP contribution in [0.1, 0.15) is 56.8 Å². The van der Waals surface area contributed by atoms with E-state index in [-0.39, 0.29) is 11.9 Å². The predicted molar refractivity (Wildman–Crippen MR) is 74.9 cm³/mol. The second kappa shape index (κ2) is 4.80. The number of nitrogens with zero attached hydrogens (tertiary/aromatic N) is 4. The molecule has 0 aliphatic heterocycles. The Morgan fingerprint density at radius 3 is 2.75 bits per heavy atom. The predicted octanol–water partition coefficient (Wildman–Crippen LogP) is 2.29. The molecule has 0 spiro atoms. The van der Waals surface area contributed by atoms with Crippen LogP contribution >= 0.6 is 11.3 Å². The first kappa shape index (κ1) is 13.5. The molecule has 3 rings (SSSR count). The summed E-state index contributed by atoms with van der Waals surface area (Å²) >= 11 is 1.45. The van der Waals surface area contributed by atoms with Crippen molar-refractivity contribution in [2.45, 2.75) is 51.4 Å². The molecule has 1 aliphatic carbocycles.